The van der Waals surface area contributed by atoms with Crippen molar-refractivity contribution in [1.82, 2.24) is 4.31 Å². The molecule has 1 saturated carbocycles. The third-order valence-corrected chi connectivity index (χ3v) is 5.71. The van der Waals surface area contributed by atoms with Gasteiger partial charge in [-0.15, -0.1) is 0 Å². The highest BCUT2D eigenvalue weighted by atomic mass is 32.2. The van der Waals surface area contributed by atoms with Crippen molar-refractivity contribution in [1.29, 1.82) is 0 Å². The minimum absolute atomic E-state index is 0.235. The van der Waals surface area contributed by atoms with E-state index < -0.39 is 10.0 Å². The van der Waals surface area contributed by atoms with Crippen molar-refractivity contribution in [3.05, 3.63) is 18.2 Å². The van der Waals surface area contributed by atoms with Crippen LogP contribution >= 0.6 is 0 Å². The lowest BCUT2D eigenvalue weighted by Gasteiger charge is -2.38. The summed E-state index contributed by atoms with van der Waals surface area (Å²) in [6, 6.07) is 4.74. The maximum atomic E-state index is 12.5. The fraction of sp³-hybridized carbons (Fsp3) is 0.538. The highest BCUT2D eigenvalue weighted by molar-refractivity contribution is 7.89. The zero-order chi connectivity index (χ0) is 13.7. The van der Waals surface area contributed by atoms with Crippen LogP contribution in [-0.4, -0.2) is 40.0 Å². The van der Waals surface area contributed by atoms with E-state index in [-0.39, 0.29) is 4.90 Å². The fourth-order valence-corrected chi connectivity index (χ4v) is 4.16. The standard InChI is InChI=1S/C13H17NO4S/c1-17-10-5-11(18-2)7-12(6-10)19(15,16)14-8-13(9-14)3-4-13/h5-7H,3-4,8-9H2,1-2H3. The first-order valence-electron chi connectivity index (χ1n) is 6.22. The molecule has 0 amide bonds. The quantitative estimate of drug-likeness (QED) is 0.840. The maximum absolute atomic E-state index is 12.5. The second-order valence-electron chi connectivity index (χ2n) is 5.32. The van der Waals surface area contributed by atoms with Crippen molar-refractivity contribution in [2.45, 2.75) is 17.7 Å². The summed E-state index contributed by atoms with van der Waals surface area (Å²) in [6.07, 6.45) is 2.31. The fourth-order valence-electron chi connectivity index (χ4n) is 2.44. The average molecular weight is 283 g/mol. The van der Waals surface area contributed by atoms with Gasteiger partial charge in [0.05, 0.1) is 19.1 Å². The Bertz CT molecular complexity index is 577. The van der Waals surface area contributed by atoms with Crippen molar-refractivity contribution >= 4 is 10.0 Å². The molecule has 0 bridgehead atoms. The molecule has 0 unspecified atom stereocenters. The molecule has 0 N–H and O–H groups in total. The lowest BCUT2D eigenvalue weighted by atomic mass is 10.0. The highest BCUT2D eigenvalue weighted by Gasteiger charge is 2.55. The Balaban J connectivity index is 1.91. The van der Waals surface area contributed by atoms with Gasteiger partial charge in [-0.1, -0.05) is 0 Å². The summed E-state index contributed by atoms with van der Waals surface area (Å²) in [5, 5.41) is 0. The maximum Gasteiger partial charge on any atom is 0.243 e. The molecule has 1 aliphatic heterocycles. The Morgan fingerprint density at radius 3 is 2.00 bits per heavy atom. The van der Waals surface area contributed by atoms with Crippen LogP contribution in [0.3, 0.4) is 0 Å². The van der Waals surface area contributed by atoms with Gasteiger partial charge in [0.15, 0.2) is 0 Å². The molecular formula is C13H17NO4S. The summed E-state index contributed by atoms with van der Waals surface area (Å²) in [6.45, 7) is 1.30. The van der Waals surface area contributed by atoms with Gasteiger partial charge in [-0.25, -0.2) is 8.42 Å². The van der Waals surface area contributed by atoms with E-state index in [1.165, 1.54) is 30.7 Å². The Hall–Kier alpha value is -1.27. The van der Waals surface area contributed by atoms with Gasteiger partial charge >= 0.3 is 0 Å². The predicted octanol–water partition coefficient (Wildman–Crippen LogP) is 1.49. The van der Waals surface area contributed by atoms with Gasteiger partial charge in [-0.3, -0.25) is 0 Å². The normalized spacial score (nSPS) is 20.9. The van der Waals surface area contributed by atoms with E-state index in [4.69, 9.17) is 9.47 Å². The van der Waals surface area contributed by atoms with Crippen molar-refractivity contribution in [2.24, 2.45) is 5.41 Å². The third kappa shape index (κ3) is 2.08. The number of sulfonamides is 1. The minimum atomic E-state index is -3.43. The van der Waals surface area contributed by atoms with Gasteiger partial charge in [0, 0.05) is 31.3 Å². The van der Waals surface area contributed by atoms with Crippen LogP contribution in [0.15, 0.2) is 23.1 Å². The monoisotopic (exact) mass is 283 g/mol. The number of methoxy groups -OCH3 is 2. The van der Waals surface area contributed by atoms with Gasteiger partial charge in [-0.05, 0) is 18.3 Å². The molecule has 2 fully saturated rings. The second-order valence-corrected chi connectivity index (χ2v) is 7.26. The van der Waals surface area contributed by atoms with E-state index in [0.717, 1.165) is 12.8 Å². The first-order chi connectivity index (χ1) is 8.99. The molecule has 0 atom stereocenters. The first-order valence-corrected chi connectivity index (χ1v) is 7.66. The topological polar surface area (TPSA) is 55.8 Å². The second kappa shape index (κ2) is 4.11. The summed E-state index contributed by atoms with van der Waals surface area (Å²) in [5.74, 6) is 0.971. The van der Waals surface area contributed by atoms with Crippen molar-refractivity contribution in [3.63, 3.8) is 0 Å². The Labute approximate surface area is 113 Å². The Kier molecular flexibility index (Phi) is 2.76. The van der Waals surface area contributed by atoms with Crippen LogP contribution in [0.25, 0.3) is 0 Å². The van der Waals surface area contributed by atoms with Gasteiger partial charge < -0.3 is 9.47 Å². The van der Waals surface area contributed by atoms with Crippen molar-refractivity contribution in [2.75, 3.05) is 27.3 Å². The smallest absolute Gasteiger partial charge is 0.243 e. The Morgan fingerprint density at radius 2 is 1.58 bits per heavy atom. The van der Waals surface area contributed by atoms with Crippen LogP contribution in [0.1, 0.15) is 12.8 Å². The van der Waals surface area contributed by atoms with E-state index in [1.54, 1.807) is 6.07 Å². The van der Waals surface area contributed by atoms with Crippen LogP contribution in [0.4, 0.5) is 0 Å². The molecule has 19 heavy (non-hydrogen) atoms. The zero-order valence-corrected chi connectivity index (χ0v) is 11.9. The number of ether oxygens (including phenoxy) is 2. The first kappa shape index (κ1) is 12.7. The molecule has 1 spiro atoms. The largest absolute Gasteiger partial charge is 0.497 e. The van der Waals surface area contributed by atoms with Gasteiger partial charge in [-0.2, -0.15) is 4.31 Å². The number of hydrogen-bond acceptors (Lipinski definition) is 4. The van der Waals surface area contributed by atoms with Crippen molar-refractivity contribution < 1.29 is 17.9 Å². The van der Waals surface area contributed by atoms with Gasteiger partial charge in [0.25, 0.3) is 0 Å². The summed E-state index contributed by atoms with van der Waals surface area (Å²) in [4.78, 5) is 0.235. The minimum Gasteiger partial charge on any atom is -0.497 e. The summed E-state index contributed by atoms with van der Waals surface area (Å²) in [7, 11) is -0.409. The van der Waals surface area contributed by atoms with E-state index in [9.17, 15) is 8.42 Å². The number of hydrogen-bond donors (Lipinski definition) is 0. The van der Waals surface area contributed by atoms with Crippen LogP contribution in [0.2, 0.25) is 0 Å². The molecular weight excluding hydrogens is 266 g/mol. The van der Waals surface area contributed by atoms with Crippen LogP contribution in [0.5, 0.6) is 11.5 Å². The van der Waals surface area contributed by atoms with Gasteiger partial charge in [0.2, 0.25) is 10.0 Å². The van der Waals surface area contributed by atoms with E-state index in [1.807, 2.05) is 0 Å². The SMILES string of the molecule is COc1cc(OC)cc(S(=O)(=O)N2CC3(CC3)C2)c1. The van der Waals surface area contributed by atoms with E-state index in [0.29, 0.717) is 30.0 Å². The molecule has 0 aromatic heterocycles. The lowest BCUT2D eigenvalue weighted by Crippen LogP contribution is -2.51. The average Bonchev–Trinajstić information content (AvgIpc) is 3.16. The number of nitrogens with zero attached hydrogens (tertiary/aromatic N) is 1. The zero-order valence-electron chi connectivity index (χ0n) is 11.0. The molecule has 5 nitrogen and oxygen atoms in total. The van der Waals surface area contributed by atoms with Crippen LogP contribution < -0.4 is 9.47 Å². The molecule has 2 aliphatic rings. The molecule has 3 rings (SSSR count). The molecule has 1 aliphatic carbocycles. The van der Waals surface area contributed by atoms with E-state index in [2.05, 4.69) is 0 Å². The molecule has 0 radical (unpaired) electrons. The number of benzene rings is 1. The molecule has 6 heteroatoms. The Morgan fingerprint density at radius 1 is 1.05 bits per heavy atom. The predicted molar refractivity (Wildman–Crippen MR) is 70.0 cm³/mol. The summed E-state index contributed by atoms with van der Waals surface area (Å²) >= 11 is 0. The van der Waals surface area contributed by atoms with Crippen LogP contribution in [0, 0.1) is 5.41 Å². The highest BCUT2D eigenvalue weighted by Crippen LogP contribution is 2.54. The molecule has 1 heterocycles. The van der Waals surface area contributed by atoms with Gasteiger partial charge in [0.1, 0.15) is 11.5 Å². The third-order valence-electron chi connectivity index (χ3n) is 3.94. The summed E-state index contributed by atoms with van der Waals surface area (Å²) < 4.78 is 36.7. The molecule has 104 valence electrons. The molecule has 1 saturated heterocycles. The van der Waals surface area contributed by atoms with Crippen molar-refractivity contribution in [3.8, 4) is 11.5 Å². The number of rotatable bonds is 4. The lowest BCUT2D eigenvalue weighted by molar-refractivity contribution is 0.178. The van der Waals surface area contributed by atoms with Crippen LogP contribution in [-0.2, 0) is 10.0 Å². The molecule has 1 aromatic rings. The molecule has 1 aromatic carbocycles. The summed E-state index contributed by atoms with van der Waals surface area (Å²) in [5.41, 5.74) is 0.302. The van der Waals surface area contributed by atoms with E-state index >= 15 is 0 Å².